The van der Waals surface area contributed by atoms with E-state index in [4.69, 9.17) is 4.74 Å². The molecule has 0 amide bonds. The highest BCUT2D eigenvalue weighted by atomic mass is 127. The van der Waals surface area contributed by atoms with Gasteiger partial charge in [0.15, 0.2) is 0 Å². The number of carbonyl (C=O) groups excluding carboxylic acids is 1. The smallest absolute Gasteiger partial charge is 0.334 e. The van der Waals surface area contributed by atoms with Gasteiger partial charge in [-0.25, -0.2) is 4.79 Å². The van der Waals surface area contributed by atoms with Crippen LogP contribution in [0.4, 0.5) is 0 Å². The van der Waals surface area contributed by atoms with Crippen LogP contribution < -0.4 is 0 Å². The van der Waals surface area contributed by atoms with E-state index in [2.05, 4.69) is 29.2 Å². The van der Waals surface area contributed by atoms with Crippen LogP contribution in [0.5, 0.6) is 0 Å². The Balaban J connectivity index is 2.67. The van der Waals surface area contributed by atoms with Crippen molar-refractivity contribution in [3.63, 3.8) is 0 Å². The maximum absolute atomic E-state index is 11.7. The lowest BCUT2D eigenvalue weighted by Crippen LogP contribution is -2.31. The van der Waals surface area contributed by atoms with Crippen LogP contribution >= 0.6 is 22.6 Å². The van der Waals surface area contributed by atoms with Gasteiger partial charge in [-0.1, -0.05) is 61.2 Å². The summed E-state index contributed by atoms with van der Waals surface area (Å²) in [6.07, 6.45) is 7.16. The lowest BCUT2D eigenvalue weighted by Gasteiger charge is -2.29. The number of ether oxygens (including phenoxy) is 1. The molecule has 0 aromatic heterocycles. The van der Waals surface area contributed by atoms with Gasteiger partial charge in [-0.2, -0.15) is 0 Å². The fourth-order valence-corrected chi connectivity index (χ4v) is 2.35. The third-order valence-corrected chi connectivity index (χ3v) is 3.10. The molecule has 0 N–H and O–H groups in total. The number of allylic oxidation sites excluding steroid dienone is 1. The molecule has 1 atom stereocenters. The van der Waals surface area contributed by atoms with Gasteiger partial charge in [0, 0.05) is 11.0 Å². The van der Waals surface area contributed by atoms with Gasteiger partial charge in [-0.05, 0) is 16.9 Å². The second kappa shape index (κ2) is 5.66. The molecule has 0 heterocycles. The summed E-state index contributed by atoms with van der Waals surface area (Å²) < 4.78 is 7.38. The number of hydrogen-bond donors (Lipinski definition) is 0. The van der Waals surface area contributed by atoms with Crippen LogP contribution in [-0.4, -0.2) is 12.1 Å². The highest BCUT2D eigenvalue weighted by Crippen LogP contribution is 2.29. The molecule has 0 aromatic rings. The minimum absolute atomic E-state index is 0.203. The minimum Gasteiger partial charge on any atom is -0.454 e. The van der Waals surface area contributed by atoms with Gasteiger partial charge in [0.2, 0.25) is 0 Å². The fraction of sp³-hybridized carbons (Fsp3) is 0.462. The molecule has 88 valence electrons. The van der Waals surface area contributed by atoms with E-state index in [1.54, 1.807) is 6.08 Å². The van der Waals surface area contributed by atoms with Crippen LogP contribution in [0.15, 0.2) is 34.5 Å². The van der Waals surface area contributed by atoms with Gasteiger partial charge in [0.05, 0.1) is 0 Å². The van der Waals surface area contributed by atoms with Crippen molar-refractivity contribution in [3.05, 3.63) is 34.5 Å². The van der Waals surface area contributed by atoms with Crippen molar-refractivity contribution >= 4 is 28.6 Å². The Morgan fingerprint density at radius 1 is 1.69 bits per heavy atom. The average molecular weight is 332 g/mol. The molecule has 16 heavy (non-hydrogen) atoms. The zero-order valence-corrected chi connectivity index (χ0v) is 11.9. The lowest BCUT2D eigenvalue weighted by atomic mass is 9.86. The standard InChI is InChI=1S/C13H17IO2/c1-4-11(13(2,3)8-9-14)16-12(15)10-6-5-7-10/h4,6,8-9,11H,1,5,7H2,2-3H3/b9-8+/t11-/m0/s1. The molecular formula is C13H17IO2. The van der Waals surface area contributed by atoms with Crippen LogP contribution in [0.1, 0.15) is 26.7 Å². The maximum atomic E-state index is 11.7. The van der Waals surface area contributed by atoms with Crippen LogP contribution in [0.3, 0.4) is 0 Å². The molecule has 0 aliphatic heterocycles. The van der Waals surface area contributed by atoms with Crippen molar-refractivity contribution in [2.75, 3.05) is 0 Å². The van der Waals surface area contributed by atoms with E-state index in [1.807, 2.05) is 30.1 Å². The van der Waals surface area contributed by atoms with Gasteiger partial charge in [0.25, 0.3) is 0 Å². The average Bonchev–Trinajstić information content (AvgIpc) is 2.10. The molecule has 1 aliphatic carbocycles. The van der Waals surface area contributed by atoms with E-state index in [0.717, 1.165) is 18.4 Å². The molecule has 0 spiro atoms. The summed E-state index contributed by atoms with van der Waals surface area (Å²) in [5.74, 6) is -0.203. The van der Waals surface area contributed by atoms with Crippen LogP contribution in [-0.2, 0) is 9.53 Å². The number of halogens is 1. The van der Waals surface area contributed by atoms with E-state index >= 15 is 0 Å². The Hall–Kier alpha value is -0.580. The number of carbonyl (C=O) groups is 1. The Kier molecular flexibility index (Phi) is 4.77. The van der Waals surface area contributed by atoms with Gasteiger partial charge in [0.1, 0.15) is 6.10 Å². The van der Waals surface area contributed by atoms with Crippen molar-refractivity contribution in [1.29, 1.82) is 0 Å². The Labute approximate surface area is 111 Å². The molecule has 0 saturated carbocycles. The molecule has 0 unspecified atom stereocenters. The molecular weight excluding hydrogens is 315 g/mol. The molecule has 2 nitrogen and oxygen atoms in total. The van der Waals surface area contributed by atoms with Gasteiger partial charge >= 0.3 is 5.97 Å². The monoisotopic (exact) mass is 332 g/mol. The van der Waals surface area contributed by atoms with E-state index < -0.39 is 0 Å². The molecule has 0 bridgehead atoms. The first-order valence-electron chi connectivity index (χ1n) is 5.31. The fourth-order valence-electron chi connectivity index (χ4n) is 1.43. The number of hydrogen-bond acceptors (Lipinski definition) is 2. The summed E-state index contributed by atoms with van der Waals surface area (Å²) in [7, 11) is 0. The first-order valence-corrected chi connectivity index (χ1v) is 6.56. The van der Waals surface area contributed by atoms with E-state index in [-0.39, 0.29) is 17.5 Å². The molecule has 0 radical (unpaired) electrons. The summed E-state index contributed by atoms with van der Waals surface area (Å²) in [4.78, 5) is 11.7. The number of rotatable bonds is 5. The van der Waals surface area contributed by atoms with Crippen LogP contribution in [0.2, 0.25) is 0 Å². The predicted octanol–water partition coefficient (Wildman–Crippen LogP) is 3.78. The van der Waals surface area contributed by atoms with Crippen molar-refractivity contribution in [1.82, 2.24) is 0 Å². The van der Waals surface area contributed by atoms with E-state index in [1.165, 1.54) is 0 Å². The third kappa shape index (κ3) is 3.20. The Morgan fingerprint density at radius 2 is 2.31 bits per heavy atom. The summed E-state index contributed by atoms with van der Waals surface area (Å²) in [6.45, 7) is 7.78. The largest absolute Gasteiger partial charge is 0.454 e. The van der Waals surface area contributed by atoms with Crippen molar-refractivity contribution < 1.29 is 9.53 Å². The summed E-state index contributed by atoms with van der Waals surface area (Å²) in [5, 5.41) is 0. The van der Waals surface area contributed by atoms with Gasteiger partial charge in [-0.3, -0.25) is 0 Å². The maximum Gasteiger partial charge on any atom is 0.334 e. The molecule has 0 saturated heterocycles. The summed E-state index contributed by atoms with van der Waals surface area (Å²) in [6, 6.07) is 0. The van der Waals surface area contributed by atoms with Crippen LogP contribution in [0.25, 0.3) is 0 Å². The molecule has 1 rings (SSSR count). The molecule has 0 fully saturated rings. The first kappa shape index (κ1) is 13.5. The van der Waals surface area contributed by atoms with Crippen molar-refractivity contribution in [3.8, 4) is 0 Å². The zero-order valence-electron chi connectivity index (χ0n) is 9.70. The Morgan fingerprint density at radius 3 is 2.69 bits per heavy atom. The third-order valence-electron chi connectivity index (χ3n) is 2.74. The second-order valence-electron chi connectivity index (χ2n) is 4.44. The SMILES string of the molecule is C=C[C@H](OC(=O)C1=CCC1)C(C)(C)/C=C/I. The quantitative estimate of drug-likeness (QED) is 0.435. The van der Waals surface area contributed by atoms with Crippen molar-refractivity contribution in [2.45, 2.75) is 32.8 Å². The molecule has 3 heteroatoms. The van der Waals surface area contributed by atoms with Gasteiger partial charge in [-0.15, -0.1) is 0 Å². The molecule has 0 aromatic carbocycles. The zero-order chi connectivity index (χ0) is 12.2. The van der Waals surface area contributed by atoms with Crippen LogP contribution in [0, 0.1) is 5.41 Å². The minimum atomic E-state index is -0.285. The van der Waals surface area contributed by atoms with Gasteiger partial charge < -0.3 is 4.74 Å². The molecule has 1 aliphatic rings. The topological polar surface area (TPSA) is 26.3 Å². The first-order chi connectivity index (χ1) is 7.51. The summed E-state index contributed by atoms with van der Waals surface area (Å²) in [5.41, 5.74) is 0.573. The predicted molar refractivity (Wildman–Crippen MR) is 74.3 cm³/mol. The highest BCUT2D eigenvalue weighted by molar-refractivity contribution is 14.1. The lowest BCUT2D eigenvalue weighted by molar-refractivity contribution is -0.146. The van der Waals surface area contributed by atoms with E-state index in [0.29, 0.717) is 0 Å². The highest BCUT2D eigenvalue weighted by Gasteiger charge is 2.29. The Bertz CT molecular complexity index is 340. The second-order valence-corrected chi connectivity index (χ2v) is 5.16. The van der Waals surface area contributed by atoms with Crippen molar-refractivity contribution in [2.24, 2.45) is 5.41 Å². The summed E-state index contributed by atoms with van der Waals surface area (Å²) >= 11 is 2.16. The normalized spacial score (nSPS) is 17.6. The number of esters is 1. The van der Waals surface area contributed by atoms with E-state index in [9.17, 15) is 4.79 Å².